The van der Waals surface area contributed by atoms with Gasteiger partial charge in [-0.1, -0.05) is 6.07 Å². The highest BCUT2D eigenvalue weighted by Crippen LogP contribution is 2.29. The van der Waals surface area contributed by atoms with E-state index >= 15 is 0 Å². The fraction of sp³-hybridized carbons (Fsp3) is 0.278. The first-order valence-electron chi connectivity index (χ1n) is 8.01. The summed E-state index contributed by atoms with van der Waals surface area (Å²) < 4.78 is 0. The van der Waals surface area contributed by atoms with E-state index < -0.39 is 0 Å². The SMILES string of the molecule is S=C(Nc1cc2cccnc2c2cccnc12)N1CCCCC1. The molecule has 0 aliphatic carbocycles. The van der Waals surface area contributed by atoms with E-state index in [4.69, 9.17) is 12.2 Å². The molecule has 0 radical (unpaired) electrons. The number of benzene rings is 1. The Hall–Kier alpha value is -2.27. The van der Waals surface area contributed by atoms with Crippen molar-refractivity contribution in [2.75, 3.05) is 18.4 Å². The van der Waals surface area contributed by atoms with Crippen LogP contribution in [0.15, 0.2) is 42.7 Å². The second-order valence-corrected chi connectivity index (χ2v) is 6.26. The van der Waals surface area contributed by atoms with Crippen LogP contribution < -0.4 is 5.32 Å². The van der Waals surface area contributed by atoms with Crippen LogP contribution in [0.1, 0.15) is 19.3 Å². The highest BCUT2D eigenvalue weighted by molar-refractivity contribution is 7.80. The van der Waals surface area contributed by atoms with Crippen LogP contribution in [0, 0.1) is 0 Å². The molecular weight excluding hydrogens is 304 g/mol. The van der Waals surface area contributed by atoms with Gasteiger partial charge in [0.05, 0.1) is 16.7 Å². The number of pyridine rings is 2. The number of hydrogen-bond donors (Lipinski definition) is 1. The molecular formula is C18H18N4S. The predicted molar refractivity (Wildman–Crippen MR) is 98.7 cm³/mol. The largest absolute Gasteiger partial charge is 0.349 e. The Labute approximate surface area is 140 Å². The number of nitrogens with one attached hydrogen (secondary N) is 1. The molecule has 2 aromatic heterocycles. The second kappa shape index (κ2) is 6.08. The Balaban J connectivity index is 1.77. The van der Waals surface area contributed by atoms with E-state index in [2.05, 4.69) is 38.4 Å². The summed E-state index contributed by atoms with van der Waals surface area (Å²) >= 11 is 5.61. The molecule has 0 unspecified atom stereocenters. The zero-order valence-electron chi connectivity index (χ0n) is 12.8. The van der Waals surface area contributed by atoms with Gasteiger partial charge in [-0.15, -0.1) is 0 Å². The molecule has 0 saturated carbocycles. The van der Waals surface area contributed by atoms with Crippen LogP contribution in [0.5, 0.6) is 0 Å². The highest BCUT2D eigenvalue weighted by Gasteiger charge is 2.15. The summed E-state index contributed by atoms with van der Waals surface area (Å²) in [6, 6.07) is 10.1. The van der Waals surface area contributed by atoms with Crippen molar-refractivity contribution >= 4 is 44.8 Å². The number of thiocarbonyl (C=S) groups is 1. The molecule has 1 saturated heterocycles. The first kappa shape index (κ1) is 14.3. The Morgan fingerprint density at radius 3 is 2.57 bits per heavy atom. The van der Waals surface area contributed by atoms with Gasteiger partial charge in [-0.2, -0.15) is 0 Å². The van der Waals surface area contributed by atoms with Gasteiger partial charge < -0.3 is 10.2 Å². The Bertz CT molecular complexity index is 871. The normalized spacial score (nSPS) is 15.0. The molecule has 0 bridgehead atoms. The van der Waals surface area contributed by atoms with E-state index in [1.54, 1.807) is 0 Å². The summed E-state index contributed by atoms with van der Waals surface area (Å²) in [7, 11) is 0. The third kappa shape index (κ3) is 2.72. The number of anilines is 1. The van der Waals surface area contributed by atoms with Crippen molar-refractivity contribution in [3.05, 3.63) is 42.7 Å². The minimum absolute atomic E-state index is 0.792. The fourth-order valence-corrected chi connectivity index (χ4v) is 3.47. The third-order valence-corrected chi connectivity index (χ3v) is 4.70. The summed E-state index contributed by atoms with van der Waals surface area (Å²) in [5.74, 6) is 0. The molecule has 3 heterocycles. The van der Waals surface area contributed by atoms with Crippen molar-refractivity contribution in [2.45, 2.75) is 19.3 Å². The Morgan fingerprint density at radius 2 is 1.74 bits per heavy atom. The topological polar surface area (TPSA) is 41.1 Å². The van der Waals surface area contributed by atoms with Gasteiger partial charge in [-0.05, 0) is 55.7 Å². The smallest absolute Gasteiger partial charge is 0.173 e. The van der Waals surface area contributed by atoms with E-state index in [9.17, 15) is 0 Å². The van der Waals surface area contributed by atoms with Gasteiger partial charge in [0.1, 0.15) is 0 Å². The van der Waals surface area contributed by atoms with Crippen molar-refractivity contribution in [3.63, 3.8) is 0 Å². The van der Waals surface area contributed by atoms with E-state index in [0.29, 0.717) is 0 Å². The average molecular weight is 322 g/mol. The lowest BCUT2D eigenvalue weighted by atomic mass is 10.1. The molecule has 1 aromatic carbocycles. The van der Waals surface area contributed by atoms with Crippen molar-refractivity contribution < 1.29 is 0 Å². The van der Waals surface area contributed by atoms with Gasteiger partial charge in [-0.25, -0.2) is 0 Å². The van der Waals surface area contributed by atoms with Gasteiger partial charge in [-0.3, -0.25) is 9.97 Å². The van der Waals surface area contributed by atoms with Gasteiger partial charge >= 0.3 is 0 Å². The van der Waals surface area contributed by atoms with Crippen LogP contribution in [-0.2, 0) is 0 Å². The monoisotopic (exact) mass is 322 g/mol. The van der Waals surface area contributed by atoms with Crippen molar-refractivity contribution in [1.82, 2.24) is 14.9 Å². The van der Waals surface area contributed by atoms with Crippen LogP contribution in [-0.4, -0.2) is 33.1 Å². The summed E-state index contributed by atoms with van der Waals surface area (Å²) in [5.41, 5.74) is 2.85. The molecule has 1 aliphatic rings. The summed E-state index contributed by atoms with van der Waals surface area (Å²) in [6.07, 6.45) is 7.35. The van der Waals surface area contributed by atoms with E-state index in [1.165, 1.54) is 19.3 Å². The maximum absolute atomic E-state index is 5.61. The number of nitrogens with zero attached hydrogens (tertiary/aromatic N) is 3. The van der Waals surface area contributed by atoms with Crippen molar-refractivity contribution in [3.8, 4) is 0 Å². The lowest BCUT2D eigenvalue weighted by molar-refractivity contribution is 0.346. The number of piperidine rings is 1. The number of rotatable bonds is 1. The molecule has 116 valence electrons. The van der Waals surface area contributed by atoms with E-state index in [-0.39, 0.29) is 0 Å². The van der Waals surface area contributed by atoms with Crippen LogP contribution in [0.25, 0.3) is 21.8 Å². The van der Waals surface area contributed by atoms with Gasteiger partial charge in [0.25, 0.3) is 0 Å². The molecule has 3 aromatic rings. The summed E-state index contributed by atoms with van der Waals surface area (Å²) in [6.45, 7) is 2.07. The molecule has 4 rings (SSSR count). The molecule has 0 spiro atoms. The minimum Gasteiger partial charge on any atom is -0.349 e. The Kier molecular flexibility index (Phi) is 3.79. The van der Waals surface area contributed by atoms with Crippen molar-refractivity contribution in [1.29, 1.82) is 0 Å². The fourth-order valence-electron chi connectivity index (χ4n) is 3.18. The lowest BCUT2D eigenvalue weighted by Crippen LogP contribution is -2.38. The van der Waals surface area contributed by atoms with Crippen LogP contribution in [0.4, 0.5) is 5.69 Å². The van der Waals surface area contributed by atoms with Gasteiger partial charge in [0.2, 0.25) is 0 Å². The average Bonchev–Trinajstić information content (AvgIpc) is 2.62. The molecule has 1 fully saturated rings. The summed E-state index contributed by atoms with van der Waals surface area (Å²) in [4.78, 5) is 11.3. The lowest BCUT2D eigenvalue weighted by Gasteiger charge is -2.29. The molecule has 0 atom stereocenters. The number of aromatic nitrogens is 2. The highest BCUT2D eigenvalue weighted by atomic mass is 32.1. The maximum atomic E-state index is 5.61. The number of hydrogen-bond acceptors (Lipinski definition) is 3. The zero-order chi connectivity index (χ0) is 15.6. The molecule has 1 aliphatic heterocycles. The molecule has 1 N–H and O–H groups in total. The minimum atomic E-state index is 0.792. The van der Waals surface area contributed by atoms with E-state index in [0.717, 1.165) is 45.7 Å². The predicted octanol–water partition coefficient (Wildman–Crippen LogP) is 3.97. The molecule has 0 amide bonds. The Morgan fingerprint density at radius 1 is 1.00 bits per heavy atom. The van der Waals surface area contributed by atoms with Gasteiger partial charge in [0, 0.05) is 36.3 Å². The van der Waals surface area contributed by atoms with Crippen LogP contribution in [0.3, 0.4) is 0 Å². The first-order chi connectivity index (χ1) is 11.3. The molecule has 23 heavy (non-hydrogen) atoms. The van der Waals surface area contributed by atoms with Crippen LogP contribution >= 0.6 is 12.2 Å². The second-order valence-electron chi connectivity index (χ2n) is 5.88. The van der Waals surface area contributed by atoms with Crippen molar-refractivity contribution in [2.24, 2.45) is 0 Å². The maximum Gasteiger partial charge on any atom is 0.173 e. The number of fused-ring (bicyclic) bond motifs is 3. The number of likely N-dealkylation sites (tertiary alicyclic amines) is 1. The quantitative estimate of drug-likeness (QED) is 0.542. The first-order valence-corrected chi connectivity index (χ1v) is 8.42. The standard InChI is InChI=1S/C18H18N4S/c23-18(22-10-2-1-3-11-22)21-15-12-13-6-4-8-19-16(13)14-7-5-9-20-17(14)15/h4-9,12H,1-3,10-11H2,(H,21,23). The van der Waals surface area contributed by atoms with Crippen LogP contribution in [0.2, 0.25) is 0 Å². The zero-order valence-corrected chi connectivity index (χ0v) is 13.6. The molecule has 4 nitrogen and oxygen atoms in total. The third-order valence-electron chi connectivity index (χ3n) is 4.34. The summed E-state index contributed by atoms with van der Waals surface area (Å²) in [5, 5.41) is 6.35. The molecule has 5 heteroatoms. The van der Waals surface area contributed by atoms with E-state index in [1.807, 2.05) is 24.5 Å². The van der Waals surface area contributed by atoms with Gasteiger partial charge in [0.15, 0.2) is 5.11 Å².